The second-order valence-corrected chi connectivity index (χ2v) is 7.12. The summed E-state index contributed by atoms with van der Waals surface area (Å²) in [4.78, 5) is 12.2. The van der Waals surface area contributed by atoms with Crippen LogP contribution < -0.4 is 10.8 Å². The fourth-order valence-corrected chi connectivity index (χ4v) is 3.65. The molecule has 0 aromatic heterocycles. The number of hydrogen-bond donors (Lipinski definition) is 4. The van der Waals surface area contributed by atoms with Crippen LogP contribution in [0.4, 0.5) is 0 Å². The van der Waals surface area contributed by atoms with E-state index in [-0.39, 0.29) is 12.0 Å². The monoisotopic (exact) mass is 354 g/mol. The minimum atomic E-state index is -0.655. The van der Waals surface area contributed by atoms with Crippen molar-refractivity contribution in [3.63, 3.8) is 0 Å². The molecule has 0 bridgehead atoms. The molecule has 0 saturated heterocycles. The molecule has 0 atom stereocenters. The zero-order valence-electron chi connectivity index (χ0n) is 14.8. The number of rotatable bonds is 6. The first-order chi connectivity index (χ1) is 12.6. The van der Waals surface area contributed by atoms with Gasteiger partial charge in [0.1, 0.15) is 0 Å². The van der Waals surface area contributed by atoms with Gasteiger partial charge >= 0.3 is 0 Å². The molecule has 5 heteroatoms. The number of carbonyl (C=O) groups is 1. The van der Waals surface area contributed by atoms with E-state index >= 15 is 0 Å². The number of aliphatic hydroxyl groups excluding tert-OH is 1. The van der Waals surface area contributed by atoms with E-state index in [1.807, 2.05) is 18.2 Å². The van der Waals surface area contributed by atoms with E-state index in [0.29, 0.717) is 38.8 Å². The molecule has 2 aromatic carbocycles. The SMILES string of the molecule is O=C(NO)C1(CNCc2ccc(-c3ccccc3)cc2)CCC(O)CC1. The zero-order chi connectivity index (χ0) is 18.4. The van der Waals surface area contributed by atoms with E-state index in [0.717, 1.165) is 5.56 Å². The molecule has 138 valence electrons. The van der Waals surface area contributed by atoms with Crippen LogP contribution in [0.2, 0.25) is 0 Å². The summed E-state index contributed by atoms with van der Waals surface area (Å²) in [6.07, 6.45) is 1.96. The molecule has 0 spiro atoms. The summed E-state index contributed by atoms with van der Waals surface area (Å²) in [5.74, 6) is -0.365. The second-order valence-electron chi connectivity index (χ2n) is 7.12. The van der Waals surface area contributed by atoms with E-state index < -0.39 is 5.41 Å². The molecule has 5 nitrogen and oxygen atoms in total. The van der Waals surface area contributed by atoms with E-state index in [9.17, 15) is 9.90 Å². The lowest BCUT2D eigenvalue weighted by molar-refractivity contribution is -0.142. The van der Waals surface area contributed by atoms with E-state index in [1.165, 1.54) is 11.1 Å². The number of hydroxylamine groups is 1. The fraction of sp³-hybridized carbons (Fsp3) is 0.381. The van der Waals surface area contributed by atoms with Gasteiger partial charge in [-0.3, -0.25) is 10.0 Å². The molecule has 0 radical (unpaired) electrons. The summed E-state index contributed by atoms with van der Waals surface area (Å²) in [5.41, 5.74) is 4.65. The molecule has 1 saturated carbocycles. The third-order valence-electron chi connectivity index (χ3n) is 5.35. The Labute approximate surface area is 154 Å². The fourth-order valence-electron chi connectivity index (χ4n) is 3.65. The van der Waals surface area contributed by atoms with Gasteiger partial charge < -0.3 is 10.4 Å². The van der Waals surface area contributed by atoms with Crippen LogP contribution in [0.3, 0.4) is 0 Å². The Morgan fingerprint density at radius 2 is 1.62 bits per heavy atom. The second kappa shape index (κ2) is 8.45. The van der Waals surface area contributed by atoms with Crippen molar-refractivity contribution in [2.24, 2.45) is 5.41 Å². The molecular formula is C21H26N2O3. The molecule has 1 aliphatic rings. The lowest BCUT2D eigenvalue weighted by atomic mass is 9.72. The molecule has 26 heavy (non-hydrogen) atoms. The van der Waals surface area contributed by atoms with Crippen LogP contribution in [0.5, 0.6) is 0 Å². The van der Waals surface area contributed by atoms with Crippen LogP contribution in [-0.2, 0) is 11.3 Å². The van der Waals surface area contributed by atoms with Crippen molar-refractivity contribution in [3.8, 4) is 11.1 Å². The lowest BCUT2D eigenvalue weighted by Gasteiger charge is -2.37. The van der Waals surface area contributed by atoms with Gasteiger partial charge in [-0.2, -0.15) is 0 Å². The number of nitrogens with one attached hydrogen (secondary N) is 2. The van der Waals surface area contributed by atoms with Crippen molar-refractivity contribution in [1.29, 1.82) is 0 Å². The van der Waals surface area contributed by atoms with Gasteiger partial charge in [-0.1, -0.05) is 54.6 Å². The van der Waals surface area contributed by atoms with E-state index in [1.54, 1.807) is 5.48 Å². The van der Waals surface area contributed by atoms with Crippen molar-refractivity contribution in [2.75, 3.05) is 6.54 Å². The molecule has 1 aliphatic carbocycles. The van der Waals surface area contributed by atoms with Crippen molar-refractivity contribution in [3.05, 3.63) is 60.2 Å². The average molecular weight is 354 g/mol. The quantitative estimate of drug-likeness (QED) is 0.475. The molecule has 0 unspecified atom stereocenters. The van der Waals surface area contributed by atoms with Crippen LogP contribution in [0.1, 0.15) is 31.2 Å². The highest BCUT2D eigenvalue weighted by Crippen LogP contribution is 2.36. The Bertz CT molecular complexity index is 708. The molecule has 1 fully saturated rings. The lowest BCUT2D eigenvalue weighted by Crippen LogP contribution is -2.49. The maximum atomic E-state index is 12.2. The highest BCUT2D eigenvalue weighted by Gasteiger charge is 2.41. The average Bonchev–Trinajstić information content (AvgIpc) is 2.70. The first kappa shape index (κ1) is 18.6. The van der Waals surface area contributed by atoms with Gasteiger partial charge in [0.15, 0.2) is 0 Å². The van der Waals surface area contributed by atoms with Gasteiger partial charge in [-0.25, -0.2) is 5.48 Å². The summed E-state index contributed by atoms with van der Waals surface area (Å²) in [6, 6.07) is 18.6. The molecule has 2 aromatic rings. The zero-order valence-corrected chi connectivity index (χ0v) is 14.8. The number of hydrogen-bond acceptors (Lipinski definition) is 4. The normalized spacial score (nSPS) is 22.8. The summed E-state index contributed by atoms with van der Waals surface area (Å²) >= 11 is 0. The number of amides is 1. The first-order valence-electron chi connectivity index (χ1n) is 9.11. The molecule has 4 N–H and O–H groups in total. The third-order valence-corrected chi connectivity index (χ3v) is 5.35. The summed E-state index contributed by atoms with van der Waals surface area (Å²) in [6.45, 7) is 1.13. The highest BCUT2D eigenvalue weighted by molar-refractivity contribution is 5.82. The minimum absolute atomic E-state index is 0.347. The van der Waals surface area contributed by atoms with Gasteiger partial charge in [-0.15, -0.1) is 0 Å². The van der Waals surface area contributed by atoms with Crippen molar-refractivity contribution >= 4 is 5.91 Å². The maximum absolute atomic E-state index is 12.2. The number of carbonyl (C=O) groups excluding carboxylic acids is 1. The van der Waals surface area contributed by atoms with Crippen LogP contribution in [0.25, 0.3) is 11.1 Å². The Kier molecular flexibility index (Phi) is 6.04. The summed E-state index contributed by atoms with van der Waals surface area (Å²) < 4.78 is 0. The van der Waals surface area contributed by atoms with Crippen LogP contribution in [0, 0.1) is 5.41 Å². The molecular weight excluding hydrogens is 328 g/mol. The maximum Gasteiger partial charge on any atom is 0.250 e. The number of benzene rings is 2. The van der Waals surface area contributed by atoms with Crippen molar-refractivity contribution in [1.82, 2.24) is 10.8 Å². The minimum Gasteiger partial charge on any atom is -0.393 e. The van der Waals surface area contributed by atoms with Crippen LogP contribution in [-0.4, -0.2) is 28.9 Å². The Hall–Kier alpha value is -2.21. The topological polar surface area (TPSA) is 81.6 Å². The largest absolute Gasteiger partial charge is 0.393 e. The summed E-state index contributed by atoms with van der Waals surface area (Å²) in [5, 5.41) is 22.1. The van der Waals surface area contributed by atoms with Crippen LogP contribution in [0.15, 0.2) is 54.6 Å². The molecule has 0 aliphatic heterocycles. The van der Waals surface area contributed by atoms with Crippen molar-refractivity contribution < 1.29 is 15.1 Å². The molecule has 3 rings (SSSR count). The van der Waals surface area contributed by atoms with Gasteiger partial charge in [0.05, 0.1) is 11.5 Å². The Morgan fingerprint density at radius 1 is 1.00 bits per heavy atom. The Morgan fingerprint density at radius 3 is 2.23 bits per heavy atom. The van der Waals surface area contributed by atoms with Gasteiger partial charge in [0.2, 0.25) is 0 Å². The van der Waals surface area contributed by atoms with Gasteiger partial charge in [0, 0.05) is 13.1 Å². The standard InChI is InChI=1S/C21H26N2O3/c24-19-10-12-21(13-11-19,20(25)23-26)15-22-14-16-6-8-18(9-7-16)17-4-2-1-3-5-17/h1-9,19,22,24,26H,10-15H2,(H,23,25). The first-order valence-corrected chi connectivity index (χ1v) is 9.11. The van der Waals surface area contributed by atoms with Crippen LogP contribution >= 0.6 is 0 Å². The van der Waals surface area contributed by atoms with Gasteiger partial charge in [-0.05, 0) is 42.4 Å². The summed E-state index contributed by atoms with van der Waals surface area (Å²) in [7, 11) is 0. The highest BCUT2D eigenvalue weighted by atomic mass is 16.5. The number of aliphatic hydroxyl groups is 1. The molecule has 0 heterocycles. The predicted molar refractivity (Wildman–Crippen MR) is 100 cm³/mol. The smallest absolute Gasteiger partial charge is 0.250 e. The van der Waals surface area contributed by atoms with Gasteiger partial charge in [0.25, 0.3) is 5.91 Å². The van der Waals surface area contributed by atoms with Crippen molar-refractivity contribution in [2.45, 2.75) is 38.3 Å². The Balaban J connectivity index is 1.58. The van der Waals surface area contributed by atoms with E-state index in [4.69, 9.17) is 5.21 Å². The molecule has 1 amide bonds. The predicted octanol–water partition coefficient (Wildman–Crippen LogP) is 2.87. The van der Waals surface area contributed by atoms with E-state index in [2.05, 4.69) is 41.7 Å². The third kappa shape index (κ3) is 4.30.